The molecule has 1 aliphatic carbocycles. The topological polar surface area (TPSA) is 60.2 Å². The van der Waals surface area contributed by atoms with Gasteiger partial charge < -0.3 is 5.73 Å². The molecule has 4 heteroatoms. The van der Waals surface area contributed by atoms with E-state index in [1.54, 1.807) is 0 Å². The van der Waals surface area contributed by atoms with Gasteiger partial charge in [0.15, 0.2) is 0 Å². The molecule has 0 aromatic rings. The van der Waals surface area contributed by atoms with Crippen LogP contribution in [0, 0.1) is 5.92 Å². The van der Waals surface area contributed by atoms with E-state index >= 15 is 0 Å². The van der Waals surface area contributed by atoms with Gasteiger partial charge in [-0.2, -0.15) is 0 Å². The molecule has 2 unspecified atom stereocenters. The third kappa shape index (κ3) is 4.51. The Balaban J connectivity index is 2.33. The lowest BCUT2D eigenvalue weighted by molar-refractivity contribution is 0.379. The van der Waals surface area contributed by atoms with Crippen molar-refractivity contribution in [3.63, 3.8) is 0 Å². The molecule has 1 fully saturated rings. The van der Waals surface area contributed by atoms with Crippen LogP contribution in [0.25, 0.3) is 0 Å². The number of rotatable bonds is 5. The van der Waals surface area contributed by atoms with Crippen LogP contribution in [0.2, 0.25) is 0 Å². The summed E-state index contributed by atoms with van der Waals surface area (Å²) in [7, 11) is -2.82. The smallest absolute Gasteiger partial charge is 0.147 e. The second-order valence-corrected chi connectivity index (χ2v) is 7.37. The van der Waals surface area contributed by atoms with Crippen molar-refractivity contribution in [1.29, 1.82) is 0 Å². The van der Waals surface area contributed by atoms with Crippen molar-refractivity contribution in [3.8, 4) is 0 Å². The molecule has 0 amide bonds. The molecule has 0 aliphatic heterocycles. The van der Waals surface area contributed by atoms with E-state index in [2.05, 4.69) is 6.92 Å². The van der Waals surface area contributed by atoms with Gasteiger partial charge in [0.05, 0.1) is 0 Å². The standard InChI is InChI=1S/C11H23NO2S/c1-3-10-5-7-11(12,9-10)6-4-8-15(2,13)14/h10H,3-9,12H2,1-2H3. The van der Waals surface area contributed by atoms with Gasteiger partial charge in [0.1, 0.15) is 9.84 Å². The summed E-state index contributed by atoms with van der Waals surface area (Å²) in [5.41, 5.74) is 6.18. The Morgan fingerprint density at radius 1 is 1.47 bits per heavy atom. The normalized spacial score (nSPS) is 32.1. The second kappa shape index (κ2) is 4.83. The predicted molar refractivity (Wildman–Crippen MR) is 63.5 cm³/mol. The van der Waals surface area contributed by atoms with Crippen LogP contribution in [0.4, 0.5) is 0 Å². The molecule has 0 saturated heterocycles. The highest BCUT2D eigenvalue weighted by atomic mass is 32.2. The first-order chi connectivity index (χ1) is 6.85. The fraction of sp³-hybridized carbons (Fsp3) is 1.00. The third-order valence-corrected chi connectivity index (χ3v) is 4.54. The van der Waals surface area contributed by atoms with Gasteiger partial charge in [0.25, 0.3) is 0 Å². The number of hydrogen-bond donors (Lipinski definition) is 1. The van der Waals surface area contributed by atoms with Crippen molar-refractivity contribution in [2.45, 2.75) is 51.0 Å². The van der Waals surface area contributed by atoms with E-state index in [0.717, 1.165) is 25.2 Å². The maximum absolute atomic E-state index is 11.0. The fourth-order valence-corrected chi connectivity index (χ4v) is 3.20. The Morgan fingerprint density at radius 3 is 2.60 bits per heavy atom. The zero-order valence-electron chi connectivity index (χ0n) is 9.83. The number of sulfone groups is 1. The third-order valence-electron chi connectivity index (χ3n) is 3.51. The van der Waals surface area contributed by atoms with E-state index in [9.17, 15) is 8.42 Å². The monoisotopic (exact) mass is 233 g/mol. The molecule has 15 heavy (non-hydrogen) atoms. The van der Waals surface area contributed by atoms with Gasteiger partial charge in [-0.3, -0.25) is 0 Å². The Hall–Kier alpha value is -0.0900. The van der Waals surface area contributed by atoms with Crippen LogP contribution in [0.3, 0.4) is 0 Å². The summed E-state index contributed by atoms with van der Waals surface area (Å²) in [6.07, 6.45) is 7.42. The summed E-state index contributed by atoms with van der Waals surface area (Å²) in [5.74, 6) is 1.04. The second-order valence-electron chi connectivity index (χ2n) is 5.11. The molecule has 0 bridgehead atoms. The average molecular weight is 233 g/mol. The summed E-state index contributed by atoms with van der Waals surface area (Å²) < 4.78 is 22.0. The van der Waals surface area contributed by atoms with Gasteiger partial charge in [-0.15, -0.1) is 0 Å². The van der Waals surface area contributed by atoms with E-state index in [1.165, 1.54) is 19.1 Å². The van der Waals surface area contributed by atoms with Crippen LogP contribution in [-0.2, 0) is 9.84 Å². The Labute approximate surface area is 93.3 Å². The largest absolute Gasteiger partial charge is 0.325 e. The van der Waals surface area contributed by atoms with Crippen LogP contribution < -0.4 is 5.73 Å². The molecular formula is C11H23NO2S. The minimum atomic E-state index is -2.82. The molecular weight excluding hydrogens is 210 g/mol. The first-order valence-electron chi connectivity index (χ1n) is 5.81. The lowest BCUT2D eigenvalue weighted by atomic mass is 9.91. The van der Waals surface area contributed by atoms with Gasteiger partial charge in [0, 0.05) is 17.5 Å². The van der Waals surface area contributed by atoms with E-state index in [4.69, 9.17) is 5.73 Å². The maximum atomic E-state index is 11.0. The lowest BCUT2D eigenvalue weighted by Crippen LogP contribution is -2.37. The van der Waals surface area contributed by atoms with Crippen molar-refractivity contribution in [1.82, 2.24) is 0 Å². The molecule has 1 aliphatic rings. The highest BCUT2D eigenvalue weighted by Crippen LogP contribution is 2.37. The zero-order chi connectivity index (χ0) is 11.5. The van der Waals surface area contributed by atoms with Gasteiger partial charge in [0.2, 0.25) is 0 Å². The van der Waals surface area contributed by atoms with Crippen LogP contribution in [-0.4, -0.2) is 26.0 Å². The molecule has 0 aromatic carbocycles. The van der Waals surface area contributed by atoms with E-state index in [1.807, 2.05) is 0 Å². The van der Waals surface area contributed by atoms with Crippen molar-refractivity contribution in [2.75, 3.05) is 12.0 Å². The van der Waals surface area contributed by atoms with Gasteiger partial charge in [-0.25, -0.2) is 8.42 Å². The minimum Gasteiger partial charge on any atom is -0.325 e. The van der Waals surface area contributed by atoms with Crippen molar-refractivity contribution < 1.29 is 8.42 Å². The molecule has 1 rings (SSSR count). The van der Waals surface area contributed by atoms with Crippen molar-refractivity contribution >= 4 is 9.84 Å². The Bertz CT molecular complexity index is 300. The fourth-order valence-electron chi connectivity index (χ4n) is 2.53. The van der Waals surface area contributed by atoms with Gasteiger partial charge in [-0.05, 0) is 38.0 Å². The van der Waals surface area contributed by atoms with Crippen LogP contribution >= 0.6 is 0 Å². The SMILES string of the molecule is CCC1CCC(N)(CCCS(C)(=O)=O)C1. The molecule has 3 nitrogen and oxygen atoms in total. The minimum absolute atomic E-state index is 0.0780. The van der Waals surface area contributed by atoms with Crippen LogP contribution in [0.15, 0.2) is 0 Å². The molecule has 0 aromatic heterocycles. The summed E-state index contributed by atoms with van der Waals surface area (Å²) in [5, 5.41) is 0. The molecule has 1 saturated carbocycles. The zero-order valence-corrected chi connectivity index (χ0v) is 10.6. The Kier molecular flexibility index (Phi) is 4.18. The summed E-state index contributed by atoms with van der Waals surface area (Å²) in [6, 6.07) is 0. The summed E-state index contributed by atoms with van der Waals surface area (Å²) in [4.78, 5) is 0. The lowest BCUT2D eigenvalue weighted by Gasteiger charge is -2.23. The Morgan fingerprint density at radius 2 is 2.13 bits per heavy atom. The number of nitrogens with two attached hydrogens (primary N) is 1. The number of hydrogen-bond acceptors (Lipinski definition) is 3. The quantitative estimate of drug-likeness (QED) is 0.786. The molecule has 0 radical (unpaired) electrons. The molecule has 0 heterocycles. The molecule has 90 valence electrons. The van der Waals surface area contributed by atoms with Crippen molar-refractivity contribution in [3.05, 3.63) is 0 Å². The van der Waals surface area contributed by atoms with Gasteiger partial charge in [-0.1, -0.05) is 13.3 Å². The summed E-state index contributed by atoms with van der Waals surface area (Å²) >= 11 is 0. The molecule has 0 spiro atoms. The first kappa shape index (κ1) is 13.0. The molecule has 2 atom stereocenters. The van der Waals surface area contributed by atoms with Crippen LogP contribution in [0.1, 0.15) is 45.4 Å². The van der Waals surface area contributed by atoms with E-state index in [0.29, 0.717) is 6.42 Å². The van der Waals surface area contributed by atoms with Gasteiger partial charge >= 0.3 is 0 Å². The first-order valence-corrected chi connectivity index (χ1v) is 7.87. The highest BCUT2D eigenvalue weighted by Gasteiger charge is 2.34. The van der Waals surface area contributed by atoms with Crippen molar-refractivity contribution in [2.24, 2.45) is 11.7 Å². The van der Waals surface area contributed by atoms with Crippen LogP contribution in [0.5, 0.6) is 0 Å². The van der Waals surface area contributed by atoms with E-state index in [-0.39, 0.29) is 11.3 Å². The van der Waals surface area contributed by atoms with E-state index < -0.39 is 9.84 Å². The predicted octanol–water partition coefficient (Wildman–Crippen LogP) is 1.72. The average Bonchev–Trinajstić information content (AvgIpc) is 2.45. The highest BCUT2D eigenvalue weighted by molar-refractivity contribution is 7.90. The molecule has 2 N–H and O–H groups in total. The maximum Gasteiger partial charge on any atom is 0.147 e. The summed E-state index contributed by atoms with van der Waals surface area (Å²) in [6.45, 7) is 2.20.